The second-order valence-electron chi connectivity index (χ2n) is 8.57. The average Bonchev–Trinajstić information content (AvgIpc) is 3.40. The van der Waals surface area contributed by atoms with Gasteiger partial charge >= 0.3 is 5.69 Å². The number of H-pyrrole nitrogens is 1. The Balaban J connectivity index is 1.81. The summed E-state index contributed by atoms with van der Waals surface area (Å²) in [6.45, 7) is 6.99. The molecule has 0 aliphatic heterocycles. The maximum atomic E-state index is 11.5. The first kappa shape index (κ1) is 19.1. The van der Waals surface area contributed by atoms with Gasteiger partial charge in [0.05, 0.1) is 22.0 Å². The lowest BCUT2D eigenvalue weighted by molar-refractivity contribution is -0.384. The highest BCUT2D eigenvalue weighted by molar-refractivity contribution is 5.78. The zero-order chi connectivity index (χ0) is 20.6. The van der Waals surface area contributed by atoms with Crippen molar-refractivity contribution >= 4 is 11.5 Å². The first-order valence-electron chi connectivity index (χ1n) is 9.88. The van der Waals surface area contributed by atoms with Crippen molar-refractivity contribution < 1.29 is 4.92 Å². The molecular formula is C22H25N5O2. The topological polar surface area (TPSA) is 96.7 Å². The smallest absolute Gasteiger partial charge is 0.311 e. The van der Waals surface area contributed by atoms with E-state index >= 15 is 0 Å². The van der Waals surface area contributed by atoms with Gasteiger partial charge in [-0.05, 0) is 24.8 Å². The van der Waals surface area contributed by atoms with Crippen molar-refractivity contribution in [2.24, 2.45) is 5.92 Å². The summed E-state index contributed by atoms with van der Waals surface area (Å²) in [6.07, 6.45) is 2.32. The first-order valence-corrected chi connectivity index (χ1v) is 9.88. The van der Waals surface area contributed by atoms with Crippen LogP contribution in [0.4, 0.5) is 11.5 Å². The van der Waals surface area contributed by atoms with Crippen LogP contribution in [0.2, 0.25) is 0 Å². The molecule has 0 radical (unpaired) electrons. The van der Waals surface area contributed by atoms with E-state index < -0.39 is 4.92 Å². The fourth-order valence-electron chi connectivity index (χ4n) is 3.15. The maximum absolute atomic E-state index is 11.5. The van der Waals surface area contributed by atoms with Gasteiger partial charge in [0, 0.05) is 23.6 Å². The molecule has 0 atom stereocenters. The minimum atomic E-state index is -0.391. The molecule has 7 nitrogen and oxygen atoms in total. The molecule has 0 saturated heterocycles. The molecule has 150 valence electrons. The van der Waals surface area contributed by atoms with Crippen molar-refractivity contribution in [3.63, 3.8) is 0 Å². The van der Waals surface area contributed by atoms with Crippen LogP contribution in [-0.4, -0.2) is 26.4 Å². The van der Waals surface area contributed by atoms with Crippen molar-refractivity contribution in [2.45, 2.75) is 39.0 Å². The van der Waals surface area contributed by atoms with E-state index in [-0.39, 0.29) is 11.1 Å². The predicted octanol–water partition coefficient (Wildman–Crippen LogP) is 5.17. The van der Waals surface area contributed by atoms with Gasteiger partial charge in [-0.1, -0.05) is 51.1 Å². The number of aromatic nitrogens is 3. The molecule has 3 aromatic rings. The van der Waals surface area contributed by atoms with E-state index in [0.717, 1.165) is 35.6 Å². The van der Waals surface area contributed by atoms with Crippen LogP contribution in [-0.2, 0) is 5.41 Å². The van der Waals surface area contributed by atoms with Crippen LogP contribution in [0.3, 0.4) is 0 Å². The molecule has 1 saturated carbocycles. The summed E-state index contributed by atoms with van der Waals surface area (Å²) in [6, 6.07) is 13.1. The Morgan fingerprint density at radius 3 is 2.48 bits per heavy atom. The van der Waals surface area contributed by atoms with E-state index in [2.05, 4.69) is 36.1 Å². The number of rotatable bonds is 6. The molecule has 2 N–H and O–H groups in total. The number of nitrogens with zero attached hydrogens (tertiary/aromatic N) is 3. The number of anilines is 1. The summed E-state index contributed by atoms with van der Waals surface area (Å²) in [5.41, 5.74) is 3.00. The number of benzene rings is 1. The van der Waals surface area contributed by atoms with Gasteiger partial charge in [-0.2, -0.15) is 0 Å². The fraction of sp³-hybridized carbons (Fsp3) is 0.364. The molecule has 0 spiro atoms. The van der Waals surface area contributed by atoms with Gasteiger partial charge in [0.2, 0.25) is 5.82 Å². The third-order valence-corrected chi connectivity index (χ3v) is 5.04. The first-order chi connectivity index (χ1) is 13.8. The van der Waals surface area contributed by atoms with E-state index in [1.54, 1.807) is 6.07 Å². The van der Waals surface area contributed by atoms with Crippen LogP contribution in [0.5, 0.6) is 0 Å². The average molecular weight is 391 g/mol. The largest absolute Gasteiger partial charge is 0.364 e. The van der Waals surface area contributed by atoms with E-state index in [1.165, 1.54) is 6.07 Å². The Bertz CT molecular complexity index is 1030. The summed E-state index contributed by atoms with van der Waals surface area (Å²) in [5, 5.41) is 14.6. The molecule has 7 heteroatoms. The maximum Gasteiger partial charge on any atom is 0.311 e. The SMILES string of the molecule is CC(C)(C)c1nc(-c2ccccc2)c(-c2ccc([N+](=O)[O-])c(NCC3CC3)n2)[nH]1. The Morgan fingerprint density at radius 2 is 1.86 bits per heavy atom. The van der Waals surface area contributed by atoms with Gasteiger partial charge in [-0.3, -0.25) is 10.1 Å². The fourth-order valence-corrected chi connectivity index (χ4v) is 3.15. The van der Waals surface area contributed by atoms with E-state index in [0.29, 0.717) is 24.0 Å². The minimum Gasteiger partial charge on any atom is -0.364 e. The van der Waals surface area contributed by atoms with Crippen LogP contribution in [0.1, 0.15) is 39.4 Å². The van der Waals surface area contributed by atoms with E-state index in [9.17, 15) is 10.1 Å². The molecule has 0 unspecified atom stereocenters. The molecule has 1 fully saturated rings. The summed E-state index contributed by atoms with van der Waals surface area (Å²) in [7, 11) is 0. The molecule has 0 amide bonds. The second kappa shape index (κ2) is 7.31. The minimum absolute atomic E-state index is 0.00813. The Labute approximate surface area is 169 Å². The van der Waals surface area contributed by atoms with Crippen molar-refractivity contribution in [3.8, 4) is 22.6 Å². The quantitative estimate of drug-likeness (QED) is 0.446. The van der Waals surface area contributed by atoms with Gasteiger partial charge in [0.25, 0.3) is 0 Å². The van der Waals surface area contributed by atoms with E-state index in [1.807, 2.05) is 30.3 Å². The number of nitro groups is 1. The normalized spacial score (nSPS) is 14.0. The number of nitrogens with one attached hydrogen (secondary N) is 2. The zero-order valence-corrected chi connectivity index (χ0v) is 16.9. The highest BCUT2D eigenvalue weighted by atomic mass is 16.6. The zero-order valence-electron chi connectivity index (χ0n) is 16.9. The Hall–Kier alpha value is -3.22. The lowest BCUT2D eigenvalue weighted by Crippen LogP contribution is -2.13. The summed E-state index contributed by atoms with van der Waals surface area (Å²) < 4.78 is 0. The van der Waals surface area contributed by atoms with Crippen LogP contribution < -0.4 is 5.32 Å². The van der Waals surface area contributed by atoms with Crippen molar-refractivity contribution in [1.82, 2.24) is 15.0 Å². The molecule has 1 aromatic carbocycles. The molecule has 0 bridgehead atoms. The lowest BCUT2D eigenvalue weighted by Gasteiger charge is -2.14. The summed E-state index contributed by atoms with van der Waals surface area (Å²) >= 11 is 0. The lowest BCUT2D eigenvalue weighted by atomic mass is 9.96. The molecule has 1 aliphatic carbocycles. The van der Waals surface area contributed by atoms with Gasteiger partial charge in [-0.15, -0.1) is 0 Å². The highest BCUT2D eigenvalue weighted by Crippen LogP contribution is 2.35. The number of hydrogen-bond donors (Lipinski definition) is 2. The molecule has 4 rings (SSSR count). The Morgan fingerprint density at radius 1 is 1.14 bits per heavy atom. The van der Waals surface area contributed by atoms with Crippen molar-refractivity contribution in [1.29, 1.82) is 0 Å². The highest BCUT2D eigenvalue weighted by Gasteiger charge is 2.26. The third kappa shape index (κ3) is 4.13. The van der Waals surface area contributed by atoms with Crippen molar-refractivity contribution in [2.75, 3.05) is 11.9 Å². The van der Waals surface area contributed by atoms with Gasteiger partial charge in [0.15, 0.2) is 0 Å². The predicted molar refractivity (Wildman–Crippen MR) is 114 cm³/mol. The van der Waals surface area contributed by atoms with Crippen LogP contribution in [0, 0.1) is 16.0 Å². The molecule has 2 aromatic heterocycles. The van der Waals surface area contributed by atoms with Gasteiger partial charge in [0.1, 0.15) is 5.82 Å². The van der Waals surface area contributed by atoms with Crippen LogP contribution >= 0.6 is 0 Å². The number of imidazole rings is 1. The van der Waals surface area contributed by atoms with E-state index in [4.69, 9.17) is 4.98 Å². The van der Waals surface area contributed by atoms with Gasteiger partial charge < -0.3 is 10.3 Å². The van der Waals surface area contributed by atoms with Crippen LogP contribution in [0.15, 0.2) is 42.5 Å². The number of aromatic amines is 1. The summed E-state index contributed by atoms with van der Waals surface area (Å²) in [5.74, 6) is 1.74. The van der Waals surface area contributed by atoms with Gasteiger partial charge in [-0.25, -0.2) is 9.97 Å². The number of pyridine rings is 1. The molecule has 1 aliphatic rings. The monoisotopic (exact) mass is 391 g/mol. The Kier molecular flexibility index (Phi) is 4.82. The van der Waals surface area contributed by atoms with Crippen molar-refractivity contribution in [3.05, 3.63) is 58.4 Å². The van der Waals surface area contributed by atoms with Crippen LogP contribution in [0.25, 0.3) is 22.6 Å². The molecule has 2 heterocycles. The second-order valence-corrected chi connectivity index (χ2v) is 8.57. The molecule has 29 heavy (non-hydrogen) atoms. The summed E-state index contributed by atoms with van der Waals surface area (Å²) in [4.78, 5) is 24.0. The number of hydrogen-bond acceptors (Lipinski definition) is 5. The third-order valence-electron chi connectivity index (χ3n) is 5.04. The standard InChI is InChI=1S/C22H25N5O2/c1-22(2,3)21-25-18(15-7-5-4-6-8-15)19(26-21)16-11-12-17(27(28)29)20(24-16)23-13-14-9-10-14/h4-8,11-12,14H,9-10,13H2,1-3H3,(H,23,24)(H,25,26). The molecular weight excluding hydrogens is 366 g/mol.